The van der Waals surface area contributed by atoms with Crippen LogP contribution in [-0.2, 0) is 11.2 Å². The van der Waals surface area contributed by atoms with Crippen LogP contribution in [0.3, 0.4) is 0 Å². The molecule has 1 unspecified atom stereocenters. The van der Waals surface area contributed by atoms with E-state index in [0.29, 0.717) is 5.78 Å². The third-order valence-electron chi connectivity index (χ3n) is 2.62. The highest BCUT2D eigenvalue weighted by Gasteiger charge is 2.24. The molecule has 0 aliphatic heterocycles. The molecule has 2 rings (SSSR count). The van der Waals surface area contributed by atoms with Gasteiger partial charge in [-0.05, 0) is 30.9 Å². The van der Waals surface area contributed by atoms with E-state index in [-0.39, 0.29) is 5.92 Å². The van der Waals surface area contributed by atoms with Gasteiger partial charge >= 0.3 is 0 Å². The Morgan fingerprint density at radius 2 is 2.17 bits per heavy atom. The molecule has 1 aliphatic carbocycles. The number of ketones is 1. The van der Waals surface area contributed by atoms with E-state index in [1.165, 1.54) is 11.1 Å². The third kappa shape index (κ3) is 1.06. The van der Waals surface area contributed by atoms with E-state index in [1.54, 1.807) is 6.92 Å². The lowest BCUT2D eigenvalue weighted by molar-refractivity contribution is -0.118. The average Bonchev–Trinajstić information content (AvgIpc) is 2.47. The van der Waals surface area contributed by atoms with Gasteiger partial charge in [-0.3, -0.25) is 4.79 Å². The number of carbonyl (C=O) groups is 1. The van der Waals surface area contributed by atoms with Crippen molar-refractivity contribution < 1.29 is 4.79 Å². The molecule has 1 nitrogen and oxygen atoms in total. The standard InChI is InChI=1S/C11H12O/c1-8(12)10-7-6-9-4-2-3-5-11(9)10/h2-5,10H,6-7H2,1H3. The topological polar surface area (TPSA) is 17.1 Å². The Balaban J connectivity index is 2.42. The first-order valence-electron chi connectivity index (χ1n) is 4.37. The van der Waals surface area contributed by atoms with E-state index in [0.717, 1.165) is 12.8 Å². The number of aryl methyl sites for hydroxylation is 1. The molecule has 0 spiro atoms. The summed E-state index contributed by atoms with van der Waals surface area (Å²) in [5.41, 5.74) is 2.61. The summed E-state index contributed by atoms with van der Waals surface area (Å²) in [6.07, 6.45) is 2.08. The molecule has 0 heterocycles. The fourth-order valence-electron chi connectivity index (χ4n) is 1.98. The largest absolute Gasteiger partial charge is 0.299 e. The second kappa shape index (κ2) is 2.74. The Hall–Kier alpha value is -1.11. The van der Waals surface area contributed by atoms with Gasteiger partial charge in [0.2, 0.25) is 0 Å². The number of rotatable bonds is 1. The van der Waals surface area contributed by atoms with Crippen molar-refractivity contribution in [2.75, 3.05) is 0 Å². The molecule has 62 valence electrons. The number of hydrogen-bond acceptors (Lipinski definition) is 1. The smallest absolute Gasteiger partial charge is 0.137 e. The van der Waals surface area contributed by atoms with Crippen molar-refractivity contribution in [3.05, 3.63) is 35.4 Å². The minimum absolute atomic E-state index is 0.182. The van der Waals surface area contributed by atoms with E-state index in [4.69, 9.17) is 0 Å². The second-order valence-corrected chi connectivity index (χ2v) is 3.40. The van der Waals surface area contributed by atoms with Crippen LogP contribution in [0.25, 0.3) is 0 Å². The average molecular weight is 160 g/mol. The van der Waals surface area contributed by atoms with E-state index in [9.17, 15) is 4.79 Å². The molecule has 1 heteroatoms. The normalized spacial score (nSPS) is 20.6. The SMILES string of the molecule is CC(=O)C1CCc2ccccc21. The summed E-state index contributed by atoms with van der Waals surface area (Å²) in [5, 5.41) is 0. The molecule has 12 heavy (non-hydrogen) atoms. The minimum Gasteiger partial charge on any atom is -0.299 e. The third-order valence-corrected chi connectivity index (χ3v) is 2.62. The van der Waals surface area contributed by atoms with Crippen LogP contribution in [0.15, 0.2) is 24.3 Å². The van der Waals surface area contributed by atoms with Crippen LogP contribution >= 0.6 is 0 Å². The lowest BCUT2D eigenvalue weighted by Crippen LogP contribution is -2.03. The first kappa shape index (κ1) is 7.53. The number of carbonyl (C=O) groups excluding carboxylic acids is 1. The highest BCUT2D eigenvalue weighted by Crippen LogP contribution is 2.32. The van der Waals surface area contributed by atoms with Gasteiger partial charge in [0.1, 0.15) is 5.78 Å². The van der Waals surface area contributed by atoms with E-state index in [1.807, 2.05) is 12.1 Å². The summed E-state index contributed by atoms with van der Waals surface area (Å²) in [5.74, 6) is 0.487. The molecule has 1 aromatic rings. The lowest BCUT2D eigenvalue weighted by atomic mass is 9.98. The zero-order valence-electron chi connectivity index (χ0n) is 7.21. The van der Waals surface area contributed by atoms with Gasteiger partial charge in [0.15, 0.2) is 0 Å². The minimum atomic E-state index is 0.182. The Labute approximate surface area is 72.4 Å². The fourth-order valence-corrected chi connectivity index (χ4v) is 1.98. The second-order valence-electron chi connectivity index (χ2n) is 3.40. The van der Waals surface area contributed by atoms with Crippen LogP contribution in [0.5, 0.6) is 0 Å². The van der Waals surface area contributed by atoms with Crippen LogP contribution in [0.4, 0.5) is 0 Å². The van der Waals surface area contributed by atoms with Crippen molar-refractivity contribution >= 4 is 5.78 Å². The van der Waals surface area contributed by atoms with Gasteiger partial charge in [-0.25, -0.2) is 0 Å². The van der Waals surface area contributed by atoms with Crippen molar-refractivity contribution in [1.82, 2.24) is 0 Å². The molecule has 0 fully saturated rings. The van der Waals surface area contributed by atoms with Gasteiger partial charge in [0.05, 0.1) is 0 Å². The van der Waals surface area contributed by atoms with Crippen molar-refractivity contribution in [3.8, 4) is 0 Å². The molecule has 1 aromatic carbocycles. The summed E-state index contributed by atoms with van der Waals surface area (Å²) >= 11 is 0. The van der Waals surface area contributed by atoms with Crippen LogP contribution in [0.2, 0.25) is 0 Å². The molecular weight excluding hydrogens is 148 g/mol. The highest BCUT2D eigenvalue weighted by molar-refractivity contribution is 5.84. The number of Topliss-reactive ketones (excluding diaryl/α,β-unsaturated/α-hetero) is 1. The summed E-state index contributed by atoms with van der Waals surface area (Å²) < 4.78 is 0. The highest BCUT2D eigenvalue weighted by atomic mass is 16.1. The maximum absolute atomic E-state index is 11.2. The molecule has 0 aromatic heterocycles. The first-order chi connectivity index (χ1) is 5.79. The Kier molecular flexibility index (Phi) is 1.72. The van der Waals surface area contributed by atoms with Crippen LogP contribution < -0.4 is 0 Å². The molecule has 0 bridgehead atoms. The van der Waals surface area contributed by atoms with Gasteiger partial charge in [-0.1, -0.05) is 24.3 Å². The fraction of sp³-hybridized carbons (Fsp3) is 0.364. The molecule has 0 amide bonds. The number of benzene rings is 1. The van der Waals surface area contributed by atoms with Crippen molar-refractivity contribution in [1.29, 1.82) is 0 Å². The van der Waals surface area contributed by atoms with Gasteiger partial charge in [0, 0.05) is 5.92 Å². The number of fused-ring (bicyclic) bond motifs is 1. The number of hydrogen-bond donors (Lipinski definition) is 0. The first-order valence-corrected chi connectivity index (χ1v) is 4.37. The van der Waals surface area contributed by atoms with Crippen LogP contribution in [0.1, 0.15) is 30.4 Å². The predicted octanol–water partition coefficient (Wildman–Crippen LogP) is 2.31. The van der Waals surface area contributed by atoms with E-state index in [2.05, 4.69) is 12.1 Å². The van der Waals surface area contributed by atoms with Gasteiger partial charge in [-0.2, -0.15) is 0 Å². The quantitative estimate of drug-likeness (QED) is 0.616. The lowest BCUT2D eigenvalue weighted by Gasteiger charge is -2.05. The summed E-state index contributed by atoms with van der Waals surface area (Å²) in [7, 11) is 0. The van der Waals surface area contributed by atoms with Crippen molar-refractivity contribution in [2.45, 2.75) is 25.7 Å². The molecule has 0 saturated heterocycles. The predicted molar refractivity (Wildman–Crippen MR) is 48.2 cm³/mol. The maximum Gasteiger partial charge on any atom is 0.137 e. The molecule has 1 atom stereocenters. The summed E-state index contributed by atoms with van der Waals surface area (Å²) in [6, 6.07) is 8.26. The van der Waals surface area contributed by atoms with Gasteiger partial charge < -0.3 is 0 Å². The molecule has 1 aliphatic rings. The molecule has 0 N–H and O–H groups in total. The maximum atomic E-state index is 11.2. The van der Waals surface area contributed by atoms with E-state index < -0.39 is 0 Å². The van der Waals surface area contributed by atoms with Crippen LogP contribution in [0, 0.1) is 0 Å². The summed E-state index contributed by atoms with van der Waals surface area (Å²) in [4.78, 5) is 11.2. The molecular formula is C11H12O. The zero-order valence-corrected chi connectivity index (χ0v) is 7.21. The van der Waals surface area contributed by atoms with Crippen LogP contribution in [-0.4, -0.2) is 5.78 Å². The Morgan fingerprint density at radius 3 is 2.92 bits per heavy atom. The van der Waals surface area contributed by atoms with Crippen molar-refractivity contribution in [3.63, 3.8) is 0 Å². The molecule has 0 saturated carbocycles. The van der Waals surface area contributed by atoms with E-state index >= 15 is 0 Å². The monoisotopic (exact) mass is 160 g/mol. The Morgan fingerprint density at radius 1 is 1.42 bits per heavy atom. The Bertz CT molecular complexity index is 315. The van der Waals surface area contributed by atoms with Crippen molar-refractivity contribution in [2.24, 2.45) is 0 Å². The van der Waals surface area contributed by atoms with Gasteiger partial charge in [-0.15, -0.1) is 0 Å². The zero-order chi connectivity index (χ0) is 8.55. The van der Waals surface area contributed by atoms with Gasteiger partial charge in [0.25, 0.3) is 0 Å². The molecule has 0 radical (unpaired) electrons. The summed E-state index contributed by atoms with van der Waals surface area (Å²) in [6.45, 7) is 1.69.